The van der Waals surface area contributed by atoms with E-state index >= 15 is 0 Å². The van der Waals surface area contributed by atoms with Gasteiger partial charge in [-0.1, -0.05) is 23.8 Å². The molecule has 0 spiro atoms. The van der Waals surface area contributed by atoms with Gasteiger partial charge >= 0.3 is 6.03 Å². The van der Waals surface area contributed by atoms with Crippen molar-refractivity contribution in [3.63, 3.8) is 0 Å². The van der Waals surface area contributed by atoms with E-state index in [0.717, 1.165) is 16.1 Å². The summed E-state index contributed by atoms with van der Waals surface area (Å²) >= 11 is 0. The molecule has 0 aliphatic rings. The number of hydrogen-bond donors (Lipinski definition) is 2. The lowest BCUT2D eigenvalue weighted by Crippen LogP contribution is -2.40. The lowest BCUT2D eigenvalue weighted by molar-refractivity contribution is 0.206. The maximum atomic E-state index is 10.7. The molecule has 1 rings (SSSR count). The van der Waals surface area contributed by atoms with Crippen LogP contribution in [0.3, 0.4) is 0 Å². The van der Waals surface area contributed by atoms with Gasteiger partial charge in [0.2, 0.25) is 0 Å². The first-order valence-corrected chi connectivity index (χ1v) is 4.38. The molecule has 0 saturated heterocycles. The quantitative estimate of drug-likeness (QED) is 0.418. The number of hydrazine groups is 1. The molecule has 4 heteroatoms. The highest BCUT2D eigenvalue weighted by molar-refractivity contribution is 5.71. The number of nitrogens with zero attached hydrogens (tertiary/aromatic N) is 1. The Morgan fingerprint density at radius 1 is 1.43 bits per heavy atom. The van der Waals surface area contributed by atoms with Crippen LogP contribution in [0.2, 0.25) is 0 Å². The van der Waals surface area contributed by atoms with Crippen molar-refractivity contribution >= 4 is 6.03 Å². The molecule has 0 aromatic heterocycles. The summed E-state index contributed by atoms with van der Waals surface area (Å²) in [4.78, 5) is 10.7. The lowest BCUT2D eigenvalue weighted by Gasteiger charge is -2.15. The number of nitrogens with two attached hydrogens (primary N) is 2. The van der Waals surface area contributed by atoms with Crippen LogP contribution in [0.5, 0.6) is 0 Å². The molecule has 0 aliphatic heterocycles. The SMILES string of the molecule is Cc1ccc(CN(N)C(N)=O)c(C)c1. The molecule has 0 fully saturated rings. The summed E-state index contributed by atoms with van der Waals surface area (Å²) in [5.41, 5.74) is 8.34. The fraction of sp³-hybridized carbons (Fsp3) is 0.300. The lowest BCUT2D eigenvalue weighted by atomic mass is 10.1. The zero-order chi connectivity index (χ0) is 10.7. The Hall–Kier alpha value is -1.55. The Morgan fingerprint density at radius 2 is 2.07 bits per heavy atom. The van der Waals surface area contributed by atoms with Gasteiger partial charge in [-0.05, 0) is 25.0 Å². The highest BCUT2D eigenvalue weighted by Gasteiger charge is 2.06. The molecule has 0 radical (unpaired) electrons. The molecular formula is C10H15N3O. The van der Waals surface area contributed by atoms with E-state index in [1.807, 2.05) is 32.0 Å². The average molecular weight is 193 g/mol. The minimum Gasteiger partial charge on any atom is -0.350 e. The zero-order valence-corrected chi connectivity index (χ0v) is 8.45. The third-order valence-electron chi connectivity index (χ3n) is 2.12. The number of rotatable bonds is 2. The van der Waals surface area contributed by atoms with Crippen molar-refractivity contribution in [1.29, 1.82) is 0 Å². The molecule has 0 aliphatic carbocycles. The van der Waals surface area contributed by atoms with Gasteiger partial charge in [0, 0.05) is 0 Å². The highest BCUT2D eigenvalue weighted by atomic mass is 16.2. The number of aryl methyl sites for hydroxylation is 2. The van der Waals surface area contributed by atoms with Crippen LogP contribution in [-0.4, -0.2) is 11.0 Å². The summed E-state index contributed by atoms with van der Waals surface area (Å²) in [5.74, 6) is 5.41. The van der Waals surface area contributed by atoms with Gasteiger partial charge in [-0.2, -0.15) is 0 Å². The Kier molecular flexibility index (Phi) is 3.09. The Bertz CT molecular complexity index is 349. The first-order valence-electron chi connectivity index (χ1n) is 4.38. The molecule has 0 heterocycles. The predicted octanol–water partition coefficient (Wildman–Crippen LogP) is 1.06. The smallest absolute Gasteiger partial charge is 0.329 e. The Labute approximate surface area is 83.5 Å². The van der Waals surface area contributed by atoms with Crippen LogP contribution in [0.15, 0.2) is 18.2 Å². The number of urea groups is 1. The fourth-order valence-electron chi connectivity index (χ4n) is 1.28. The minimum absolute atomic E-state index is 0.349. The first kappa shape index (κ1) is 10.5. The molecule has 0 saturated carbocycles. The van der Waals surface area contributed by atoms with Gasteiger partial charge in [0.15, 0.2) is 0 Å². The number of primary amides is 1. The van der Waals surface area contributed by atoms with E-state index in [1.165, 1.54) is 5.56 Å². The molecular weight excluding hydrogens is 178 g/mol. The summed E-state index contributed by atoms with van der Waals surface area (Å²) in [7, 11) is 0. The van der Waals surface area contributed by atoms with Crippen molar-refractivity contribution in [1.82, 2.24) is 5.01 Å². The van der Waals surface area contributed by atoms with Crippen LogP contribution < -0.4 is 11.6 Å². The second kappa shape index (κ2) is 4.11. The highest BCUT2D eigenvalue weighted by Crippen LogP contribution is 2.11. The average Bonchev–Trinajstić information content (AvgIpc) is 2.09. The van der Waals surface area contributed by atoms with Gasteiger partial charge in [-0.15, -0.1) is 0 Å². The van der Waals surface area contributed by atoms with Gasteiger partial charge < -0.3 is 5.73 Å². The van der Waals surface area contributed by atoms with Gasteiger partial charge in [-0.3, -0.25) is 5.01 Å². The van der Waals surface area contributed by atoms with Crippen molar-refractivity contribution < 1.29 is 4.79 Å². The van der Waals surface area contributed by atoms with Crippen LogP contribution in [-0.2, 0) is 6.54 Å². The third kappa shape index (κ3) is 2.47. The molecule has 0 atom stereocenters. The second-order valence-corrected chi connectivity index (χ2v) is 3.40. The summed E-state index contributed by atoms with van der Waals surface area (Å²) in [6.07, 6.45) is 0. The molecule has 14 heavy (non-hydrogen) atoms. The maximum Gasteiger partial charge on any atom is 0.329 e. The Morgan fingerprint density at radius 3 is 2.57 bits per heavy atom. The predicted molar refractivity (Wildman–Crippen MR) is 55.2 cm³/mol. The summed E-state index contributed by atoms with van der Waals surface area (Å²) in [5, 5.41) is 0.998. The van der Waals surface area contributed by atoms with Gasteiger partial charge in [0.25, 0.3) is 0 Å². The number of carbonyl (C=O) groups is 1. The van der Waals surface area contributed by atoms with Crippen molar-refractivity contribution in [2.75, 3.05) is 0 Å². The monoisotopic (exact) mass is 193 g/mol. The van der Waals surface area contributed by atoms with E-state index in [0.29, 0.717) is 6.54 Å². The standard InChI is InChI=1S/C10H15N3O/c1-7-3-4-9(8(2)5-7)6-13(12)10(11)14/h3-5H,6,12H2,1-2H3,(H2,11,14). The second-order valence-electron chi connectivity index (χ2n) is 3.40. The van der Waals surface area contributed by atoms with E-state index in [-0.39, 0.29) is 0 Å². The van der Waals surface area contributed by atoms with Gasteiger partial charge in [0.1, 0.15) is 0 Å². The Balaban J connectivity index is 2.82. The van der Waals surface area contributed by atoms with E-state index in [2.05, 4.69) is 0 Å². The molecule has 4 nitrogen and oxygen atoms in total. The summed E-state index contributed by atoms with van der Waals surface area (Å²) < 4.78 is 0. The molecule has 1 aromatic carbocycles. The molecule has 1 aromatic rings. The third-order valence-corrected chi connectivity index (χ3v) is 2.12. The van der Waals surface area contributed by atoms with Gasteiger partial charge in [-0.25, -0.2) is 10.6 Å². The van der Waals surface area contributed by atoms with E-state index in [4.69, 9.17) is 11.6 Å². The first-order chi connectivity index (χ1) is 6.50. The van der Waals surface area contributed by atoms with Crippen LogP contribution in [0.25, 0.3) is 0 Å². The largest absolute Gasteiger partial charge is 0.350 e. The van der Waals surface area contributed by atoms with E-state index in [9.17, 15) is 4.79 Å². The van der Waals surface area contributed by atoms with E-state index in [1.54, 1.807) is 0 Å². The molecule has 4 N–H and O–H groups in total. The number of carbonyl (C=O) groups excluding carboxylic acids is 1. The zero-order valence-electron chi connectivity index (χ0n) is 8.45. The van der Waals surface area contributed by atoms with Crippen molar-refractivity contribution in [2.24, 2.45) is 11.6 Å². The van der Waals surface area contributed by atoms with Crippen molar-refractivity contribution in [3.05, 3.63) is 34.9 Å². The minimum atomic E-state index is -0.620. The number of amides is 2. The summed E-state index contributed by atoms with van der Waals surface area (Å²) in [6, 6.07) is 5.36. The van der Waals surface area contributed by atoms with Crippen molar-refractivity contribution in [3.8, 4) is 0 Å². The fourth-order valence-corrected chi connectivity index (χ4v) is 1.28. The topological polar surface area (TPSA) is 72.3 Å². The van der Waals surface area contributed by atoms with Crippen molar-refractivity contribution in [2.45, 2.75) is 20.4 Å². The van der Waals surface area contributed by atoms with Crippen LogP contribution >= 0.6 is 0 Å². The van der Waals surface area contributed by atoms with Crippen LogP contribution in [0.1, 0.15) is 16.7 Å². The molecule has 0 bridgehead atoms. The number of benzene rings is 1. The normalized spacial score (nSPS) is 9.93. The van der Waals surface area contributed by atoms with Crippen LogP contribution in [0, 0.1) is 13.8 Å². The molecule has 76 valence electrons. The molecule has 2 amide bonds. The summed E-state index contributed by atoms with van der Waals surface area (Å²) in [6.45, 7) is 4.35. The van der Waals surface area contributed by atoms with Gasteiger partial charge in [0.05, 0.1) is 6.54 Å². The number of hydrogen-bond acceptors (Lipinski definition) is 2. The molecule has 0 unspecified atom stereocenters. The maximum absolute atomic E-state index is 10.7. The van der Waals surface area contributed by atoms with Crippen LogP contribution in [0.4, 0.5) is 4.79 Å². The van der Waals surface area contributed by atoms with E-state index < -0.39 is 6.03 Å².